The molecule has 3 aromatic rings. The maximum Gasteiger partial charge on any atom is 0.292 e. The lowest BCUT2D eigenvalue weighted by Gasteiger charge is -2.06. The predicted molar refractivity (Wildman–Crippen MR) is 101 cm³/mol. The number of H-pyrrole nitrogens is 1. The molecule has 0 aliphatic heterocycles. The van der Waals surface area contributed by atoms with Crippen LogP contribution in [-0.2, 0) is 12.8 Å². The summed E-state index contributed by atoms with van der Waals surface area (Å²) in [7, 11) is 0. The standard InChI is InChI=1S/C20H18N4O2/c1-12(14-10-9-13-5-4-6-15(13)11-14)21-24-20(26)18-16-7-2-3-8-17(16)19(25)23-22-18/h2-3,7-11H,4-6H2,1H3,(H,23,25)(H,24,26)/b21-12-. The molecular weight excluding hydrogens is 328 g/mol. The molecule has 1 amide bonds. The highest BCUT2D eigenvalue weighted by Gasteiger charge is 2.14. The number of hydrogen-bond donors (Lipinski definition) is 2. The summed E-state index contributed by atoms with van der Waals surface area (Å²) in [6.45, 7) is 1.86. The topological polar surface area (TPSA) is 87.2 Å². The number of hydrazone groups is 1. The summed E-state index contributed by atoms with van der Waals surface area (Å²) in [5, 5.41) is 11.4. The second-order valence-corrected chi connectivity index (χ2v) is 6.42. The molecule has 26 heavy (non-hydrogen) atoms. The highest BCUT2D eigenvalue weighted by molar-refractivity contribution is 6.06. The number of aromatic amines is 1. The van der Waals surface area contributed by atoms with Crippen molar-refractivity contribution in [3.8, 4) is 0 Å². The van der Waals surface area contributed by atoms with Crippen LogP contribution in [0, 0.1) is 0 Å². The number of carbonyl (C=O) groups excluding carboxylic acids is 1. The van der Waals surface area contributed by atoms with Crippen molar-refractivity contribution in [1.82, 2.24) is 15.6 Å². The van der Waals surface area contributed by atoms with Crippen LogP contribution in [0.1, 0.15) is 40.5 Å². The Balaban J connectivity index is 1.60. The third-order valence-electron chi connectivity index (χ3n) is 4.75. The molecule has 0 saturated carbocycles. The highest BCUT2D eigenvalue weighted by atomic mass is 16.2. The molecule has 0 fully saturated rings. The maximum absolute atomic E-state index is 12.5. The number of rotatable bonds is 3. The Morgan fingerprint density at radius 3 is 2.73 bits per heavy atom. The van der Waals surface area contributed by atoms with Gasteiger partial charge in [0.15, 0.2) is 5.69 Å². The Bertz CT molecular complexity index is 1100. The number of nitrogens with zero attached hydrogens (tertiary/aromatic N) is 2. The quantitative estimate of drug-likeness (QED) is 0.564. The number of aromatic nitrogens is 2. The van der Waals surface area contributed by atoms with Gasteiger partial charge in [0, 0.05) is 5.39 Å². The monoisotopic (exact) mass is 346 g/mol. The van der Waals surface area contributed by atoms with E-state index in [1.54, 1.807) is 24.3 Å². The number of nitrogens with one attached hydrogen (secondary N) is 2. The molecule has 0 radical (unpaired) electrons. The van der Waals surface area contributed by atoms with Crippen LogP contribution in [0.25, 0.3) is 10.8 Å². The Morgan fingerprint density at radius 2 is 1.88 bits per heavy atom. The first-order valence-electron chi connectivity index (χ1n) is 8.58. The number of hydrogen-bond acceptors (Lipinski definition) is 4. The molecule has 0 saturated heterocycles. The largest absolute Gasteiger partial charge is 0.292 e. The van der Waals surface area contributed by atoms with Crippen LogP contribution in [0.4, 0.5) is 0 Å². The van der Waals surface area contributed by atoms with Crippen molar-refractivity contribution in [2.24, 2.45) is 5.10 Å². The number of amides is 1. The van der Waals surface area contributed by atoms with Crippen LogP contribution in [0.15, 0.2) is 52.4 Å². The van der Waals surface area contributed by atoms with Crippen LogP contribution in [-0.4, -0.2) is 21.8 Å². The first-order valence-corrected chi connectivity index (χ1v) is 8.58. The van der Waals surface area contributed by atoms with Gasteiger partial charge in [0.05, 0.1) is 11.1 Å². The van der Waals surface area contributed by atoms with Gasteiger partial charge < -0.3 is 0 Å². The van der Waals surface area contributed by atoms with Crippen LogP contribution >= 0.6 is 0 Å². The predicted octanol–water partition coefficient (Wildman–Crippen LogP) is 2.57. The summed E-state index contributed by atoms with van der Waals surface area (Å²) in [6.07, 6.45) is 3.42. The van der Waals surface area contributed by atoms with E-state index in [4.69, 9.17) is 0 Å². The van der Waals surface area contributed by atoms with Gasteiger partial charge in [-0.1, -0.05) is 30.3 Å². The number of aryl methyl sites for hydroxylation is 2. The van der Waals surface area contributed by atoms with E-state index in [-0.39, 0.29) is 11.3 Å². The van der Waals surface area contributed by atoms with E-state index in [1.807, 2.05) is 13.0 Å². The minimum absolute atomic E-state index is 0.144. The van der Waals surface area contributed by atoms with E-state index in [0.29, 0.717) is 10.8 Å². The van der Waals surface area contributed by atoms with Gasteiger partial charge in [-0.3, -0.25) is 9.59 Å². The second kappa shape index (κ2) is 6.55. The summed E-state index contributed by atoms with van der Waals surface area (Å²) in [5.41, 5.74) is 6.83. The van der Waals surface area contributed by atoms with Crippen molar-refractivity contribution in [1.29, 1.82) is 0 Å². The fourth-order valence-electron chi connectivity index (χ4n) is 3.34. The normalized spacial score (nSPS) is 13.7. The second-order valence-electron chi connectivity index (χ2n) is 6.42. The van der Waals surface area contributed by atoms with Crippen LogP contribution in [0.3, 0.4) is 0 Å². The molecule has 0 spiro atoms. The van der Waals surface area contributed by atoms with Gasteiger partial charge in [0.1, 0.15) is 0 Å². The first-order chi connectivity index (χ1) is 12.6. The molecule has 1 aliphatic rings. The molecule has 6 nitrogen and oxygen atoms in total. The van der Waals surface area contributed by atoms with Crippen LogP contribution in [0.5, 0.6) is 0 Å². The SMILES string of the molecule is C/C(=N/NC(=O)c1n[nH]c(=O)c2ccccc12)c1ccc2c(c1)CCC2. The van der Waals surface area contributed by atoms with Crippen molar-refractivity contribution in [2.75, 3.05) is 0 Å². The van der Waals surface area contributed by atoms with Crippen molar-refractivity contribution < 1.29 is 4.79 Å². The fraction of sp³-hybridized carbons (Fsp3) is 0.200. The van der Waals surface area contributed by atoms with Gasteiger partial charge in [0.25, 0.3) is 11.5 Å². The summed E-state index contributed by atoms with van der Waals surface area (Å²) < 4.78 is 0. The Labute approximate surface area is 150 Å². The first kappa shape index (κ1) is 16.2. The van der Waals surface area contributed by atoms with E-state index < -0.39 is 5.91 Å². The summed E-state index contributed by atoms with van der Waals surface area (Å²) >= 11 is 0. The number of benzene rings is 2. The molecule has 0 bridgehead atoms. The Kier molecular flexibility index (Phi) is 4.08. The molecule has 0 atom stereocenters. The average Bonchev–Trinajstić information content (AvgIpc) is 3.14. The summed E-state index contributed by atoms with van der Waals surface area (Å²) in [6, 6.07) is 13.2. The zero-order valence-corrected chi connectivity index (χ0v) is 14.4. The molecule has 1 heterocycles. The molecular formula is C20H18N4O2. The van der Waals surface area contributed by atoms with E-state index in [0.717, 1.165) is 24.1 Å². The molecule has 2 aromatic carbocycles. The molecule has 4 rings (SSSR count). The minimum Gasteiger partial charge on any atom is -0.267 e. The number of fused-ring (bicyclic) bond motifs is 2. The van der Waals surface area contributed by atoms with Gasteiger partial charge >= 0.3 is 0 Å². The number of carbonyl (C=O) groups is 1. The lowest BCUT2D eigenvalue weighted by molar-refractivity contribution is 0.0950. The molecule has 6 heteroatoms. The van der Waals surface area contributed by atoms with E-state index >= 15 is 0 Å². The maximum atomic E-state index is 12.5. The summed E-state index contributed by atoms with van der Waals surface area (Å²) in [4.78, 5) is 24.3. The van der Waals surface area contributed by atoms with E-state index in [1.165, 1.54) is 17.5 Å². The van der Waals surface area contributed by atoms with Crippen molar-refractivity contribution in [3.05, 3.63) is 75.2 Å². The van der Waals surface area contributed by atoms with Crippen molar-refractivity contribution >= 4 is 22.4 Å². The molecule has 1 aliphatic carbocycles. The Morgan fingerprint density at radius 1 is 1.12 bits per heavy atom. The molecule has 2 N–H and O–H groups in total. The molecule has 0 unspecified atom stereocenters. The lowest BCUT2D eigenvalue weighted by Crippen LogP contribution is -2.23. The van der Waals surface area contributed by atoms with Gasteiger partial charge in [-0.05, 0) is 55.0 Å². The zero-order valence-electron chi connectivity index (χ0n) is 14.4. The van der Waals surface area contributed by atoms with Crippen molar-refractivity contribution in [3.63, 3.8) is 0 Å². The van der Waals surface area contributed by atoms with Gasteiger partial charge in [0.2, 0.25) is 0 Å². The van der Waals surface area contributed by atoms with E-state index in [9.17, 15) is 9.59 Å². The molecule has 130 valence electrons. The van der Waals surface area contributed by atoms with Crippen LogP contribution in [0.2, 0.25) is 0 Å². The fourth-order valence-corrected chi connectivity index (χ4v) is 3.34. The van der Waals surface area contributed by atoms with E-state index in [2.05, 4.69) is 32.9 Å². The van der Waals surface area contributed by atoms with Gasteiger partial charge in [-0.25, -0.2) is 10.5 Å². The Hall–Kier alpha value is -3.28. The van der Waals surface area contributed by atoms with Crippen molar-refractivity contribution in [2.45, 2.75) is 26.2 Å². The lowest BCUT2D eigenvalue weighted by atomic mass is 10.0. The minimum atomic E-state index is -0.460. The highest BCUT2D eigenvalue weighted by Crippen LogP contribution is 2.23. The third-order valence-corrected chi connectivity index (χ3v) is 4.75. The van der Waals surface area contributed by atoms with Gasteiger partial charge in [-0.15, -0.1) is 0 Å². The third kappa shape index (κ3) is 2.90. The zero-order chi connectivity index (χ0) is 18.1. The van der Waals surface area contributed by atoms with Crippen LogP contribution < -0.4 is 11.0 Å². The van der Waals surface area contributed by atoms with Gasteiger partial charge in [-0.2, -0.15) is 10.2 Å². The summed E-state index contributed by atoms with van der Waals surface area (Å²) in [5.74, 6) is -0.460. The average molecular weight is 346 g/mol. The smallest absolute Gasteiger partial charge is 0.267 e. The molecule has 1 aromatic heterocycles.